The van der Waals surface area contributed by atoms with Crippen LogP contribution in [-0.2, 0) is 4.79 Å². The van der Waals surface area contributed by atoms with Gasteiger partial charge in [-0.05, 0) is 42.5 Å². The van der Waals surface area contributed by atoms with Gasteiger partial charge in [0.15, 0.2) is 11.5 Å². The van der Waals surface area contributed by atoms with Gasteiger partial charge in [0, 0.05) is 18.5 Å². The largest absolute Gasteiger partial charge is 0.481 e. The molecule has 0 spiro atoms. The lowest BCUT2D eigenvalue weighted by Crippen LogP contribution is -2.39. The van der Waals surface area contributed by atoms with Crippen LogP contribution >= 0.6 is 0 Å². The maximum Gasteiger partial charge on any atom is 0.308 e. The number of carboxylic acid groups (broad SMARTS) is 1. The summed E-state index contributed by atoms with van der Waals surface area (Å²) < 4.78 is 10.9. The number of hydrogen-bond donors (Lipinski definition) is 1. The molecule has 3 atom stereocenters. The molecule has 0 aliphatic carbocycles. The summed E-state index contributed by atoms with van der Waals surface area (Å²) in [5.41, 5.74) is 1.18. The van der Waals surface area contributed by atoms with Gasteiger partial charge >= 0.3 is 5.97 Å². The van der Waals surface area contributed by atoms with Crippen molar-refractivity contribution in [2.24, 2.45) is 11.3 Å². The second kappa shape index (κ2) is 7.47. The molecule has 3 rings (SSSR count). The Morgan fingerprint density at radius 2 is 2.00 bits per heavy atom. The molecule has 5 heteroatoms. The number of likely N-dealkylation sites (tertiary alicyclic amines) is 1. The molecule has 1 aromatic rings. The van der Waals surface area contributed by atoms with Crippen molar-refractivity contribution in [3.8, 4) is 11.5 Å². The van der Waals surface area contributed by atoms with Crippen LogP contribution in [0.15, 0.2) is 18.2 Å². The zero-order chi connectivity index (χ0) is 18.9. The van der Waals surface area contributed by atoms with Crippen LogP contribution in [0.3, 0.4) is 0 Å². The molecule has 0 unspecified atom stereocenters. The minimum absolute atomic E-state index is 0.0237. The van der Waals surface area contributed by atoms with E-state index in [4.69, 9.17) is 9.47 Å². The Morgan fingerprint density at radius 3 is 2.65 bits per heavy atom. The number of carboxylic acids is 1. The van der Waals surface area contributed by atoms with E-state index in [9.17, 15) is 9.90 Å². The van der Waals surface area contributed by atoms with Gasteiger partial charge in [-0.1, -0.05) is 40.2 Å². The fourth-order valence-corrected chi connectivity index (χ4v) is 4.75. The number of rotatable bonds is 7. The Hall–Kier alpha value is -1.75. The molecular formula is C21H31NO4. The van der Waals surface area contributed by atoms with Crippen LogP contribution in [0.4, 0.5) is 0 Å². The number of ether oxygens (including phenoxy) is 2. The van der Waals surface area contributed by atoms with Crippen LogP contribution in [-0.4, -0.2) is 41.9 Å². The van der Waals surface area contributed by atoms with Crippen LogP contribution in [0, 0.1) is 11.3 Å². The van der Waals surface area contributed by atoms with E-state index in [0.29, 0.717) is 0 Å². The van der Waals surface area contributed by atoms with Gasteiger partial charge in [0.2, 0.25) is 6.79 Å². The van der Waals surface area contributed by atoms with Crippen LogP contribution < -0.4 is 9.47 Å². The molecule has 0 aromatic heterocycles. The summed E-state index contributed by atoms with van der Waals surface area (Å²) in [7, 11) is 0. The smallest absolute Gasteiger partial charge is 0.308 e. The van der Waals surface area contributed by atoms with Crippen LogP contribution in [0.25, 0.3) is 0 Å². The number of hydrogen-bond acceptors (Lipinski definition) is 4. The highest BCUT2D eigenvalue weighted by atomic mass is 16.7. The van der Waals surface area contributed by atoms with Gasteiger partial charge in [-0.2, -0.15) is 0 Å². The molecule has 144 valence electrons. The Morgan fingerprint density at radius 1 is 1.27 bits per heavy atom. The maximum atomic E-state index is 12.3. The average molecular weight is 361 g/mol. The first-order chi connectivity index (χ1) is 12.4. The summed E-state index contributed by atoms with van der Waals surface area (Å²) in [6.45, 7) is 10.7. The lowest BCUT2D eigenvalue weighted by molar-refractivity contribution is -0.143. The summed E-state index contributed by atoms with van der Waals surface area (Å²) in [5, 5.41) is 10.1. The number of aliphatic carboxylic acids is 1. The van der Waals surface area contributed by atoms with E-state index < -0.39 is 11.9 Å². The highest BCUT2D eigenvalue weighted by Crippen LogP contribution is 2.45. The van der Waals surface area contributed by atoms with Gasteiger partial charge in [-0.3, -0.25) is 9.69 Å². The first kappa shape index (κ1) is 19.0. The fraction of sp³-hybridized carbons (Fsp3) is 0.667. The van der Waals surface area contributed by atoms with E-state index in [1.165, 1.54) is 0 Å². The normalized spacial score (nSPS) is 25.6. The molecule has 1 aromatic carbocycles. The number of nitrogens with zero attached hydrogens (tertiary/aromatic N) is 1. The number of fused-ring (bicyclic) bond motifs is 1. The van der Waals surface area contributed by atoms with Crippen molar-refractivity contribution in [3.05, 3.63) is 23.8 Å². The molecule has 1 saturated heterocycles. The number of carbonyl (C=O) groups is 1. The Kier molecular flexibility index (Phi) is 5.47. The minimum atomic E-state index is -0.694. The number of benzene rings is 1. The number of likely N-dealkylation sites (N-methyl/N-ethyl adjacent to an activating group) is 1. The average Bonchev–Trinajstić information content (AvgIpc) is 3.17. The van der Waals surface area contributed by atoms with Crippen LogP contribution in [0.5, 0.6) is 11.5 Å². The summed E-state index contributed by atoms with van der Waals surface area (Å²) in [4.78, 5) is 14.6. The Bertz CT molecular complexity index is 657. The lowest BCUT2D eigenvalue weighted by atomic mass is 9.76. The first-order valence-electron chi connectivity index (χ1n) is 9.72. The van der Waals surface area contributed by atoms with Crippen molar-refractivity contribution < 1.29 is 19.4 Å². The maximum absolute atomic E-state index is 12.3. The van der Waals surface area contributed by atoms with Gasteiger partial charge in [0.25, 0.3) is 0 Å². The molecule has 1 N–H and O–H groups in total. The quantitative estimate of drug-likeness (QED) is 0.792. The zero-order valence-corrected chi connectivity index (χ0v) is 16.3. The Balaban J connectivity index is 1.90. The Labute approximate surface area is 156 Å². The third kappa shape index (κ3) is 3.68. The van der Waals surface area contributed by atoms with Gasteiger partial charge in [-0.25, -0.2) is 0 Å². The van der Waals surface area contributed by atoms with E-state index in [1.54, 1.807) is 0 Å². The topological polar surface area (TPSA) is 59.0 Å². The molecule has 0 saturated carbocycles. The SMILES string of the molecule is CCCC(C)(C)C[C@@H]1[C@H](C(=O)O)[C@@H](c2ccc3c(c2)OCO3)CN1CC. The first-order valence-corrected chi connectivity index (χ1v) is 9.72. The van der Waals surface area contributed by atoms with Crippen molar-refractivity contribution in [1.29, 1.82) is 0 Å². The van der Waals surface area contributed by atoms with Crippen LogP contribution in [0.1, 0.15) is 58.4 Å². The van der Waals surface area contributed by atoms with E-state index in [1.807, 2.05) is 18.2 Å². The zero-order valence-electron chi connectivity index (χ0n) is 16.3. The molecule has 5 nitrogen and oxygen atoms in total. The van der Waals surface area contributed by atoms with Crippen molar-refractivity contribution in [1.82, 2.24) is 4.90 Å². The fourth-order valence-electron chi connectivity index (χ4n) is 4.75. The van der Waals surface area contributed by atoms with Crippen molar-refractivity contribution in [2.75, 3.05) is 19.9 Å². The second-order valence-corrected chi connectivity index (χ2v) is 8.36. The van der Waals surface area contributed by atoms with Gasteiger partial charge < -0.3 is 14.6 Å². The summed E-state index contributed by atoms with van der Waals surface area (Å²) in [6, 6.07) is 5.94. The second-order valence-electron chi connectivity index (χ2n) is 8.36. The van der Waals surface area contributed by atoms with E-state index in [-0.39, 0.29) is 24.2 Å². The standard InChI is InChI=1S/C21H31NO4/c1-5-9-21(3,4)11-16-19(20(23)24)15(12-22(16)6-2)14-7-8-17-18(10-14)26-13-25-17/h7-8,10,15-16,19H,5-6,9,11-13H2,1-4H3,(H,23,24)/t15-,16-,19-/m1/s1. The molecule has 0 radical (unpaired) electrons. The minimum Gasteiger partial charge on any atom is -0.481 e. The molecule has 0 bridgehead atoms. The van der Waals surface area contributed by atoms with Gasteiger partial charge in [-0.15, -0.1) is 0 Å². The molecule has 2 aliphatic rings. The van der Waals surface area contributed by atoms with Gasteiger partial charge in [0.1, 0.15) is 0 Å². The summed E-state index contributed by atoms with van der Waals surface area (Å²) in [6.07, 6.45) is 3.14. The van der Waals surface area contributed by atoms with Crippen molar-refractivity contribution in [3.63, 3.8) is 0 Å². The predicted molar refractivity (Wildman–Crippen MR) is 101 cm³/mol. The molecular weight excluding hydrogens is 330 g/mol. The third-order valence-electron chi connectivity index (χ3n) is 5.95. The summed E-state index contributed by atoms with van der Waals surface area (Å²) in [5.74, 6) is 0.354. The molecule has 2 aliphatic heterocycles. The lowest BCUT2D eigenvalue weighted by Gasteiger charge is -2.34. The highest BCUT2D eigenvalue weighted by molar-refractivity contribution is 5.73. The molecule has 0 amide bonds. The van der Waals surface area contributed by atoms with Crippen molar-refractivity contribution >= 4 is 5.97 Å². The van der Waals surface area contributed by atoms with Gasteiger partial charge in [0.05, 0.1) is 5.92 Å². The molecule has 26 heavy (non-hydrogen) atoms. The molecule has 1 fully saturated rings. The molecule has 2 heterocycles. The van der Waals surface area contributed by atoms with E-state index in [0.717, 1.165) is 49.4 Å². The summed E-state index contributed by atoms with van der Waals surface area (Å²) >= 11 is 0. The van der Waals surface area contributed by atoms with Crippen molar-refractivity contribution in [2.45, 2.75) is 58.9 Å². The van der Waals surface area contributed by atoms with E-state index in [2.05, 4.69) is 32.6 Å². The van der Waals surface area contributed by atoms with E-state index >= 15 is 0 Å². The third-order valence-corrected chi connectivity index (χ3v) is 5.95. The predicted octanol–water partition coefficient (Wildman–Crippen LogP) is 4.12. The highest BCUT2D eigenvalue weighted by Gasteiger charge is 2.47. The monoisotopic (exact) mass is 361 g/mol. The van der Waals surface area contributed by atoms with Crippen LogP contribution in [0.2, 0.25) is 0 Å².